The maximum atomic E-state index is 11.0. The second-order valence-corrected chi connectivity index (χ2v) is 5.63. The molecular weight excluding hydrogens is 202 g/mol. The fourth-order valence-corrected chi connectivity index (χ4v) is 3.38. The fourth-order valence-electron chi connectivity index (χ4n) is 3.38. The van der Waals surface area contributed by atoms with Gasteiger partial charge < -0.3 is 10.4 Å². The first-order chi connectivity index (χ1) is 7.66. The van der Waals surface area contributed by atoms with Crippen LogP contribution in [0.2, 0.25) is 0 Å². The number of carboxylic acid groups (broad SMARTS) is 1. The van der Waals surface area contributed by atoms with Crippen LogP contribution in [-0.4, -0.2) is 23.2 Å². The van der Waals surface area contributed by atoms with E-state index >= 15 is 0 Å². The molecule has 4 unspecified atom stereocenters. The van der Waals surface area contributed by atoms with Gasteiger partial charge in [-0.15, -0.1) is 0 Å². The molecule has 3 nitrogen and oxygen atoms in total. The molecule has 1 saturated carbocycles. The summed E-state index contributed by atoms with van der Waals surface area (Å²) in [6, 6.07) is 0.161. The molecule has 1 saturated heterocycles. The smallest absolute Gasteiger partial charge is 0.320 e. The third kappa shape index (κ3) is 2.76. The van der Waals surface area contributed by atoms with Crippen molar-refractivity contribution >= 4 is 5.97 Å². The molecule has 1 heterocycles. The Labute approximate surface area is 97.6 Å². The van der Waals surface area contributed by atoms with Gasteiger partial charge in [0.1, 0.15) is 6.04 Å². The molecule has 0 bridgehead atoms. The number of rotatable bonds is 2. The van der Waals surface area contributed by atoms with Crippen LogP contribution < -0.4 is 5.32 Å². The van der Waals surface area contributed by atoms with Crippen LogP contribution in [0.25, 0.3) is 0 Å². The summed E-state index contributed by atoms with van der Waals surface area (Å²) in [7, 11) is 0. The highest BCUT2D eigenvalue weighted by molar-refractivity contribution is 5.73. The summed E-state index contributed by atoms with van der Waals surface area (Å²) in [6.45, 7) is 2.32. The van der Waals surface area contributed by atoms with Crippen LogP contribution in [0.5, 0.6) is 0 Å². The van der Waals surface area contributed by atoms with Crippen LogP contribution in [0.15, 0.2) is 0 Å². The number of nitrogens with one attached hydrogen (secondary N) is 1. The van der Waals surface area contributed by atoms with Crippen molar-refractivity contribution in [1.82, 2.24) is 5.32 Å². The van der Waals surface area contributed by atoms with Crippen LogP contribution in [0.1, 0.15) is 51.9 Å². The van der Waals surface area contributed by atoms with Crippen molar-refractivity contribution in [3.8, 4) is 0 Å². The van der Waals surface area contributed by atoms with Gasteiger partial charge in [-0.3, -0.25) is 4.79 Å². The maximum Gasteiger partial charge on any atom is 0.320 e. The molecule has 2 rings (SSSR count). The Bertz CT molecular complexity index is 254. The molecule has 16 heavy (non-hydrogen) atoms. The molecule has 2 N–H and O–H groups in total. The van der Waals surface area contributed by atoms with Gasteiger partial charge in [0.05, 0.1) is 0 Å². The lowest BCUT2D eigenvalue weighted by Gasteiger charge is -2.38. The standard InChI is InChI=1S/C13H23NO2/c1-9-4-2-5-10(8-9)11-6-3-7-12(14-11)13(15)16/h9-12,14H,2-8H2,1H3,(H,15,16). The summed E-state index contributed by atoms with van der Waals surface area (Å²) in [5.41, 5.74) is 0. The zero-order valence-electron chi connectivity index (χ0n) is 10.1. The molecule has 3 heteroatoms. The van der Waals surface area contributed by atoms with Gasteiger partial charge in [0, 0.05) is 6.04 Å². The maximum absolute atomic E-state index is 11.0. The SMILES string of the molecule is CC1CCCC(C2CCCC(C(=O)O)N2)C1. The van der Waals surface area contributed by atoms with Crippen LogP contribution in [0.3, 0.4) is 0 Å². The first kappa shape index (κ1) is 11.9. The summed E-state index contributed by atoms with van der Waals surface area (Å²) in [5.74, 6) is 0.866. The predicted molar refractivity (Wildman–Crippen MR) is 63.3 cm³/mol. The van der Waals surface area contributed by atoms with Gasteiger partial charge in [-0.2, -0.15) is 0 Å². The zero-order valence-corrected chi connectivity index (χ0v) is 10.1. The Morgan fingerprint density at radius 2 is 1.94 bits per heavy atom. The van der Waals surface area contributed by atoms with E-state index in [0.717, 1.165) is 18.8 Å². The highest BCUT2D eigenvalue weighted by atomic mass is 16.4. The van der Waals surface area contributed by atoms with E-state index in [1.54, 1.807) is 0 Å². The second kappa shape index (κ2) is 5.17. The Morgan fingerprint density at radius 1 is 1.19 bits per heavy atom. The number of aliphatic carboxylic acids is 1. The van der Waals surface area contributed by atoms with Gasteiger partial charge in [0.25, 0.3) is 0 Å². The van der Waals surface area contributed by atoms with Gasteiger partial charge in [0.2, 0.25) is 0 Å². The first-order valence-corrected chi connectivity index (χ1v) is 6.65. The lowest BCUT2D eigenvalue weighted by molar-refractivity contribution is -0.140. The Morgan fingerprint density at radius 3 is 2.62 bits per heavy atom. The number of piperidine rings is 1. The Balaban J connectivity index is 1.90. The first-order valence-electron chi connectivity index (χ1n) is 6.65. The summed E-state index contributed by atoms with van der Waals surface area (Å²) in [4.78, 5) is 11.0. The molecule has 1 aliphatic carbocycles. The van der Waals surface area contributed by atoms with Crippen molar-refractivity contribution in [2.75, 3.05) is 0 Å². The largest absolute Gasteiger partial charge is 0.480 e. The van der Waals surface area contributed by atoms with E-state index in [2.05, 4.69) is 12.2 Å². The highest BCUT2D eigenvalue weighted by Gasteiger charge is 2.32. The number of carboxylic acids is 1. The minimum Gasteiger partial charge on any atom is -0.480 e. The average molecular weight is 225 g/mol. The van der Waals surface area contributed by atoms with E-state index in [1.165, 1.54) is 32.1 Å². The molecule has 0 aromatic heterocycles. The fraction of sp³-hybridized carbons (Fsp3) is 0.923. The van der Waals surface area contributed by atoms with Crippen LogP contribution >= 0.6 is 0 Å². The second-order valence-electron chi connectivity index (χ2n) is 5.63. The van der Waals surface area contributed by atoms with E-state index in [1.807, 2.05) is 0 Å². The quantitative estimate of drug-likeness (QED) is 0.758. The molecule has 2 fully saturated rings. The lowest BCUT2D eigenvalue weighted by Crippen LogP contribution is -2.50. The van der Waals surface area contributed by atoms with Crippen molar-refractivity contribution in [3.05, 3.63) is 0 Å². The molecule has 0 aromatic carbocycles. The van der Waals surface area contributed by atoms with E-state index in [9.17, 15) is 4.79 Å². The minimum absolute atomic E-state index is 0.295. The van der Waals surface area contributed by atoms with E-state index < -0.39 is 5.97 Å². The molecule has 92 valence electrons. The van der Waals surface area contributed by atoms with Crippen molar-refractivity contribution in [1.29, 1.82) is 0 Å². The van der Waals surface area contributed by atoms with Gasteiger partial charge in [-0.05, 0) is 43.9 Å². The minimum atomic E-state index is -0.673. The van der Waals surface area contributed by atoms with Crippen molar-refractivity contribution in [2.45, 2.75) is 64.0 Å². The van der Waals surface area contributed by atoms with Crippen LogP contribution in [0, 0.1) is 11.8 Å². The van der Waals surface area contributed by atoms with Gasteiger partial charge >= 0.3 is 5.97 Å². The summed E-state index contributed by atoms with van der Waals surface area (Å²) in [6.07, 6.45) is 8.28. The lowest BCUT2D eigenvalue weighted by atomic mass is 9.76. The van der Waals surface area contributed by atoms with Crippen LogP contribution in [0.4, 0.5) is 0 Å². The van der Waals surface area contributed by atoms with Crippen molar-refractivity contribution in [3.63, 3.8) is 0 Å². The Hall–Kier alpha value is -0.570. The molecule has 0 aromatic rings. The molecule has 4 atom stereocenters. The third-order valence-corrected chi connectivity index (χ3v) is 4.27. The highest BCUT2D eigenvalue weighted by Crippen LogP contribution is 2.33. The topological polar surface area (TPSA) is 49.3 Å². The molecular formula is C13H23NO2. The van der Waals surface area contributed by atoms with Gasteiger partial charge in [0.15, 0.2) is 0 Å². The van der Waals surface area contributed by atoms with Crippen molar-refractivity contribution in [2.24, 2.45) is 11.8 Å². The summed E-state index contributed by atoms with van der Waals surface area (Å²) < 4.78 is 0. The normalized spacial score (nSPS) is 40.6. The predicted octanol–water partition coefficient (Wildman–Crippen LogP) is 2.41. The zero-order chi connectivity index (χ0) is 11.5. The average Bonchev–Trinajstić information content (AvgIpc) is 2.29. The molecule has 1 aliphatic heterocycles. The molecule has 0 spiro atoms. The third-order valence-electron chi connectivity index (χ3n) is 4.27. The molecule has 0 radical (unpaired) electrons. The van der Waals surface area contributed by atoms with Gasteiger partial charge in [-0.25, -0.2) is 0 Å². The van der Waals surface area contributed by atoms with Crippen LogP contribution in [-0.2, 0) is 4.79 Å². The van der Waals surface area contributed by atoms with E-state index in [0.29, 0.717) is 12.0 Å². The van der Waals surface area contributed by atoms with Crippen molar-refractivity contribution < 1.29 is 9.90 Å². The number of carbonyl (C=O) groups is 1. The van der Waals surface area contributed by atoms with E-state index in [4.69, 9.17) is 5.11 Å². The van der Waals surface area contributed by atoms with E-state index in [-0.39, 0.29) is 6.04 Å². The van der Waals surface area contributed by atoms with Gasteiger partial charge in [-0.1, -0.05) is 19.8 Å². The molecule has 0 amide bonds. The summed E-state index contributed by atoms with van der Waals surface area (Å²) in [5, 5.41) is 12.4. The monoisotopic (exact) mass is 225 g/mol. The summed E-state index contributed by atoms with van der Waals surface area (Å²) >= 11 is 0. The number of hydrogen-bond acceptors (Lipinski definition) is 2. The Kier molecular flexibility index (Phi) is 3.85. The number of hydrogen-bond donors (Lipinski definition) is 2. The molecule has 2 aliphatic rings.